The van der Waals surface area contributed by atoms with Gasteiger partial charge in [0.25, 0.3) is 10.0 Å². The molecule has 0 saturated carbocycles. The Morgan fingerprint density at radius 1 is 0.975 bits per heavy atom. The summed E-state index contributed by atoms with van der Waals surface area (Å²) in [6.45, 7) is 3.53. The van der Waals surface area contributed by atoms with Crippen molar-refractivity contribution < 1.29 is 22.4 Å². The average molecular weight is 609 g/mol. The molecular formula is C29H32Cl2FN3O4S. The van der Waals surface area contributed by atoms with Gasteiger partial charge in [-0.1, -0.05) is 73.8 Å². The van der Waals surface area contributed by atoms with Crippen molar-refractivity contribution in [3.63, 3.8) is 0 Å². The van der Waals surface area contributed by atoms with Gasteiger partial charge in [0.2, 0.25) is 11.8 Å². The number of carbonyl (C=O) groups is 2. The summed E-state index contributed by atoms with van der Waals surface area (Å²) in [4.78, 5) is 28.4. The molecule has 214 valence electrons. The lowest BCUT2D eigenvalue weighted by atomic mass is 10.1. The second-order valence-corrected chi connectivity index (χ2v) is 11.8. The summed E-state index contributed by atoms with van der Waals surface area (Å²) >= 11 is 12.5. The Kier molecular flexibility index (Phi) is 11.4. The smallest absolute Gasteiger partial charge is 0.264 e. The fourth-order valence-corrected chi connectivity index (χ4v) is 6.14. The van der Waals surface area contributed by atoms with Crippen molar-refractivity contribution in [1.29, 1.82) is 0 Å². The first kappa shape index (κ1) is 31.4. The molecule has 0 aliphatic carbocycles. The molecule has 3 aromatic carbocycles. The van der Waals surface area contributed by atoms with Crippen LogP contribution in [0.2, 0.25) is 10.0 Å². The Morgan fingerprint density at radius 3 is 2.25 bits per heavy atom. The molecule has 0 aromatic heterocycles. The number of carbonyl (C=O) groups excluding carboxylic acids is 2. The highest BCUT2D eigenvalue weighted by molar-refractivity contribution is 7.92. The number of benzene rings is 3. The molecule has 11 heteroatoms. The minimum absolute atomic E-state index is 0.0353. The highest BCUT2D eigenvalue weighted by Gasteiger charge is 2.34. The molecule has 0 aliphatic rings. The SMILES string of the molecule is CCCCNC(=O)[C@@H](CC)N(Cc1ccc(F)cc1)C(=O)CN(c1ccc(Cl)cc1Cl)S(=O)(=O)c1ccccc1. The van der Waals surface area contributed by atoms with Gasteiger partial charge in [-0.15, -0.1) is 0 Å². The number of sulfonamides is 1. The zero-order valence-electron chi connectivity index (χ0n) is 22.3. The molecule has 0 fully saturated rings. The quantitative estimate of drug-likeness (QED) is 0.240. The Labute approximate surface area is 244 Å². The number of rotatable bonds is 13. The Hall–Kier alpha value is -3.14. The molecule has 1 N–H and O–H groups in total. The van der Waals surface area contributed by atoms with E-state index in [-0.39, 0.29) is 34.5 Å². The predicted octanol–water partition coefficient (Wildman–Crippen LogP) is 6.05. The molecule has 40 heavy (non-hydrogen) atoms. The number of anilines is 1. The summed E-state index contributed by atoms with van der Waals surface area (Å²) in [5, 5.41) is 3.19. The third-order valence-corrected chi connectivity index (χ3v) is 8.58. The predicted molar refractivity (Wildman–Crippen MR) is 156 cm³/mol. The summed E-state index contributed by atoms with van der Waals surface area (Å²) in [7, 11) is -4.26. The van der Waals surface area contributed by atoms with Crippen LogP contribution in [0.25, 0.3) is 0 Å². The van der Waals surface area contributed by atoms with Crippen molar-refractivity contribution in [2.24, 2.45) is 0 Å². The number of halogens is 3. The number of nitrogens with one attached hydrogen (secondary N) is 1. The van der Waals surface area contributed by atoms with Crippen LogP contribution in [0.3, 0.4) is 0 Å². The monoisotopic (exact) mass is 607 g/mol. The third kappa shape index (κ3) is 7.96. The van der Waals surface area contributed by atoms with Gasteiger partial charge in [-0.25, -0.2) is 12.8 Å². The first-order valence-electron chi connectivity index (χ1n) is 12.9. The van der Waals surface area contributed by atoms with E-state index in [2.05, 4.69) is 5.32 Å². The number of unbranched alkanes of at least 4 members (excludes halogenated alkanes) is 1. The summed E-state index contributed by atoms with van der Waals surface area (Å²) in [6, 6.07) is 16.6. The van der Waals surface area contributed by atoms with E-state index in [1.165, 1.54) is 59.5 Å². The van der Waals surface area contributed by atoms with Gasteiger partial charge < -0.3 is 10.2 Å². The number of hydrogen-bond acceptors (Lipinski definition) is 4. The zero-order valence-corrected chi connectivity index (χ0v) is 24.6. The molecule has 3 rings (SSSR count). The molecule has 2 amide bonds. The molecule has 3 aromatic rings. The molecule has 0 saturated heterocycles. The molecule has 0 spiro atoms. The maximum atomic E-state index is 14.0. The molecule has 1 atom stereocenters. The van der Waals surface area contributed by atoms with Gasteiger partial charge >= 0.3 is 0 Å². The average Bonchev–Trinajstić information content (AvgIpc) is 2.93. The molecule has 7 nitrogen and oxygen atoms in total. The number of hydrogen-bond donors (Lipinski definition) is 1. The van der Waals surface area contributed by atoms with Crippen LogP contribution in [0.1, 0.15) is 38.7 Å². The minimum atomic E-state index is -4.26. The normalized spacial score (nSPS) is 12.0. The summed E-state index contributed by atoms with van der Waals surface area (Å²) in [5.74, 6) is -1.43. The van der Waals surface area contributed by atoms with E-state index in [9.17, 15) is 22.4 Å². The van der Waals surface area contributed by atoms with E-state index in [1.807, 2.05) is 6.92 Å². The molecule has 0 aliphatic heterocycles. The Morgan fingerprint density at radius 2 is 1.65 bits per heavy atom. The maximum absolute atomic E-state index is 14.0. The lowest BCUT2D eigenvalue weighted by Gasteiger charge is -2.33. The highest BCUT2D eigenvalue weighted by Crippen LogP contribution is 2.33. The Bertz CT molecular complexity index is 1410. The van der Waals surface area contributed by atoms with Gasteiger partial charge in [-0.05, 0) is 60.9 Å². The van der Waals surface area contributed by atoms with Gasteiger partial charge in [0.05, 0.1) is 15.6 Å². The third-order valence-electron chi connectivity index (χ3n) is 6.27. The molecule has 0 heterocycles. The van der Waals surface area contributed by atoms with Crippen LogP contribution in [0, 0.1) is 5.82 Å². The highest BCUT2D eigenvalue weighted by atomic mass is 35.5. The second kappa shape index (κ2) is 14.5. The van der Waals surface area contributed by atoms with E-state index in [0.29, 0.717) is 17.1 Å². The van der Waals surface area contributed by atoms with Crippen LogP contribution in [-0.4, -0.2) is 44.3 Å². The summed E-state index contributed by atoms with van der Waals surface area (Å²) < 4.78 is 42.1. The lowest BCUT2D eigenvalue weighted by molar-refractivity contribution is -0.140. The minimum Gasteiger partial charge on any atom is -0.354 e. The largest absolute Gasteiger partial charge is 0.354 e. The van der Waals surface area contributed by atoms with Crippen LogP contribution < -0.4 is 9.62 Å². The summed E-state index contributed by atoms with van der Waals surface area (Å²) in [5.41, 5.74) is 0.641. The van der Waals surface area contributed by atoms with E-state index in [4.69, 9.17) is 23.2 Å². The van der Waals surface area contributed by atoms with E-state index in [1.54, 1.807) is 25.1 Å². The van der Waals surface area contributed by atoms with Gasteiger partial charge in [-0.3, -0.25) is 13.9 Å². The molecule has 0 radical (unpaired) electrons. The zero-order chi connectivity index (χ0) is 29.3. The van der Waals surface area contributed by atoms with Crippen molar-refractivity contribution in [2.75, 3.05) is 17.4 Å². The van der Waals surface area contributed by atoms with Crippen LogP contribution in [0.4, 0.5) is 10.1 Å². The standard InChI is InChI=1S/C29H32Cl2FN3O4S/c1-3-5-17-33-29(37)26(4-2)34(19-21-11-14-23(32)15-12-21)28(36)20-35(27-16-13-22(30)18-25(27)31)40(38,39)24-9-7-6-8-10-24/h6-16,18,26H,3-5,17,19-20H2,1-2H3,(H,33,37)/t26-/m1/s1. The van der Waals surface area contributed by atoms with Gasteiger partial charge in [0, 0.05) is 18.1 Å². The van der Waals surface area contributed by atoms with Crippen molar-refractivity contribution in [3.05, 3.63) is 94.2 Å². The van der Waals surface area contributed by atoms with Crippen molar-refractivity contribution in [3.8, 4) is 0 Å². The van der Waals surface area contributed by atoms with Crippen molar-refractivity contribution in [2.45, 2.75) is 50.6 Å². The van der Waals surface area contributed by atoms with E-state index >= 15 is 0 Å². The Balaban J connectivity index is 2.05. The van der Waals surface area contributed by atoms with Crippen LogP contribution >= 0.6 is 23.2 Å². The van der Waals surface area contributed by atoms with Gasteiger partial charge in [-0.2, -0.15) is 0 Å². The summed E-state index contributed by atoms with van der Waals surface area (Å²) in [6.07, 6.45) is 1.92. The second-order valence-electron chi connectivity index (χ2n) is 9.14. The molecule has 0 unspecified atom stereocenters. The van der Waals surface area contributed by atoms with Crippen molar-refractivity contribution in [1.82, 2.24) is 10.2 Å². The van der Waals surface area contributed by atoms with Crippen LogP contribution in [0.5, 0.6) is 0 Å². The molecular weight excluding hydrogens is 576 g/mol. The van der Waals surface area contributed by atoms with E-state index < -0.39 is 34.3 Å². The van der Waals surface area contributed by atoms with Crippen LogP contribution in [0.15, 0.2) is 77.7 Å². The first-order chi connectivity index (χ1) is 19.1. The van der Waals surface area contributed by atoms with Crippen LogP contribution in [-0.2, 0) is 26.2 Å². The first-order valence-corrected chi connectivity index (χ1v) is 15.1. The maximum Gasteiger partial charge on any atom is 0.264 e. The van der Waals surface area contributed by atoms with E-state index in [0.717, 1.165) is 17.1 Å². The molecule has 0 bridgehead atoms. The fourth-order valence-electron chi connectivity index (χ4n) is 4.13. The topological polar surface area (TPSA) is 86.8 Å². The van der Waals surface area contributed by atoms with Gasteiger partial charge in [0.1, 0.15) is 18.4 Å². The van der Waals surface area contributed by atoms with Crippen molar-refractivity contribution >= 4 is 50.7 Å². The number of amides is 2. The fraction of sp³-hybridized carbons (Fsp3) is 0.310. The lowest BCUT2D eigenvalue weighted by Crippen LogP contribution is -2.52. The van der Waals surface area contributed by atoms with Gasteiger partial charge in [0.15, 0.2) is 0 Å². The number of nitrogens with zero attached hydrogens (tertiary/aromatic N) is 2.